The Morgan fingerprint density at radius 2 is 1.79 bits per heavy atom. The predicted octanol–water partition coefficient (Wildman–Crippen LogP) is 5.31. The Morgan fingerprint density at radius 1 is 1.14 bits per heavy atom. The fourth-order valence-electron chi connectivity index (χ4n) is 3.37. The SMILES string of the molecule is CCN(C(=O)OC(C)(C)C)c1ncccc1[C@H]1CCCCN1C(=O)OC(C)(C)C. The van der Waals surface area contributed by atoms with Gasteiger partial charge in [-0.25, -0.2) is 14.6 Å². The molecule has 0 radical (unpaired) electrons. The first-order chi connectivity index (χ1) is 13.4. The summed E-state index contributed by atoms with van der Waals surface area (Å²) in [6.45, 7) is 14.0. The van der Waals surface area contributed by atoms with Crippen molar-refractivity contribution >= 4 is 18.0 Å². The summed E-state index contributed by atoms with van der Waals surface area (Å²) in [6.07, 6.45) is 3.60. The minimum Gasteiger partial charge on any atom is -0.444 e. The van der Waals surface area contributed by atoms with Gasteiger partial charge in [-0.15, -0.1) is 0 Å². The zero-order valence-electron chi connectivity index (χ0n) is 18.8. The van der Waals surface area contributed by atoms with E-state index in [1.54, 1.807) is 11.1 Å². The Morgan fingerprint density at radius 3 is 2.38 bits per heavy atom. The molecule has 0 unspecified atom stereocenters. The number of hydrogen-bond acceptors (Lipinski definition) is 5. The molecule has 0 N–H and O–H groups in total. The Balaban J connectivity index is 2.38. The fraction of sp³-hybridized carbons (Fsp3) is 0.682. The minimum atomic E-state index is -0.604. The monoisotopic (exact) mass is 405 g/mol. The van der Waals surface area contributed by atoms with Crippen LogP contribution in [0.3, 0.4) is 0 Å². The van der Waals surface area contributed by atoms with Crippen LogP contribution in [-0.2, 0) is 9.47 Å². The minimum absolute atomic E-state index is 0.196. The highest BCUT2D eigenvalue weighted by Crippen LogP contribution is 2.36. The molecule has 1 aliphatic heterocycles. The Labute approximate surface area is 174 Å². The molecule has 1 aromatic rings. The first kappa shape index (κ1) is 23.0. The lowest BCUT2D eigenvalue weighted by molar-refractivity contribution is 0.00955. The molecule has 162 valence electrons. The summed E-state index contributed by atoms with van der Waals surface area (Å²) >= 11 is 0. The van der Waals surface area contributed by atoms with Gasteiger partial charge in [0.15, 0.2) is 0 Å². The van der Waals surface area contributed by atoms with Crippen LogP contribution in [0.5, 0.6) is 0 Å². The zero-order valence-corrected chi connectivity index (χ0v) is 18.8. The summed E-state index contributed by atoms with van der Waals surface area (Å²) in [6, 6.07) is 3.57. The molecule has 1 atom stereocenters. The second kappa shape index (κ2) is 9.01. The number of carbonyl (C=O) groups excluding carboxylic acids is 2. The third-order valence-corrected chi connectivity index (χ3v) is 4.49. The lowest BCUT2D eigenvalue weighted by atomic mass is 9.95. The molecule has 1 aromatic heterocycles. The summed E-state index contributed by atoms with van der Waals surface area (Å²) in [5, 5.41) is 0. The van der Waals surface area contributed by atoms with Gasteiger partial charge in [0.25, 0.3) is 0 Å². The van der Waals surface area contributed by atoms with Gasteiger partial charge >= 0.3 is 12.2 Å². The lowest BCUT2D eigenvalue weighted by Crippen LogP contribution is -2.43. The second-order valence-corrected chi connectivity index (χ2v) is 9.33. The molecule has 1 fully saturated rings. The molecule has 0 aromatic carbocycles. The highest BCUT2D eigenvalue weighted by molar-refractivity contribution is 5.87. The van der Waals surface area contributed by atoms with Crippen LogP contribution in [0.4, 0.5) is 15.4 Å². The van der Waals surface area contributed by atoms with E-state index in [1.807, 2.05) is 60.6 Å². The largest absolute Gasteiger partial charge is 0.444 e. The van der Waals surface area contributed by atoms with Crippen molar-refractivity contribution in [1.29, 1.82) is 0 Å². The van der Waals surface area contributed by atoms with E-state index in [2.05, 4.69) is 4.98 Å². The molecular formula is C22H35N3O4. The summed E-state index contributed by atoms with van der Waals surface area (Å²) in [5.74, 6) is 0.532. The molecule has 2 rings (SSSR count). The van der Waals surface area contributed by atoms with Crippen LogP contribution in [-0.4, -0.2) is 46.4 Å². The third-order valence-electron chi connectivity index (χ3n) is 4.49. The van der Waals surface area contributed by atoms with Gasteiger partial charge in [0.2, 0.25) is 0 Å². The van der Waals surface area contributed by atoms with Crippen LogP contribution < -0.4 is 4.90 Å². The van der Waals surface area contributed by atoms with Crippen LogP contribution >= 0.6 is 0 Å². The number of ether oxygens (including phenoxy) is 2. The van der Waals surface area contributed by atoms with E-state index < -0.39 is 17.3 Å². The van der Waals surface area contributed by atoms with Crippen LogP contribution in [0.15, 0.2) is 18.3 Å². The topological polar surface area (TPSA) is 72.0 Å². The van der Waals surface area contributed by atoms with Crippen LogP contribution in [0, 0.1) is 0 Å². The second-order valence-electron chi connectivity index (χ2n) is 9.33. The van der Waals surface area contributed by atoms with Crippen molar-refractivity contribution in [2.24, 2.45) is 0 Å². The number of pyridine rings is 1. The maximum atomic E-state index is 12.8. The van der Waals surface area contributed by atoms with Crippen molar-refractivity contribution in [3.63, 3.8) is 0 Å². The van der Waals surface area contributed by atoms with Crippen molar-refractivity contribution < 1.29 is 19.1 Å². The number of anilines is 1. The number of piperidine rings is 1. The molecule has 7 heteroatoms. The first-order valence-corrected chi connectivity index (χ1v) is 10.4. The van der Waals surface area contributed by atoms with Gasteiger partial charge in [0, 0.05) is 24.8 Å². The van der Waals surface area contributed by atoms with E-state index in [0.29, 0.717) is 18.9 Å². The molecule has 29 heavy (non-hydrogen) atoms. The summed E-state index contributed by atoms with van der Waals surface area (Å²) in [4.78, 5) is 33.4. The third kappa shape index (κ3) is 6.34. The molecule has 0 spiro atoms. The standard InChI is InChI=1S/C22H35N3O4/c1-8-24(19(26)28-21(2,3)4)18-16(12-11-14-23-18)17-13-9-10-15-25(17)20(27)29-22(5,6)7/h11-12,14,17H,8-10,13,15H2,1-7H3/t17-/m1/s1. The number of amides is 2. The van der Waals surface area contributed by atoms with Crippen molar-refractivity contribution in [3.05, 3.63) is 23.9 Å². The van der Waals surface area contributed by atoms with Gasteiger partial charge in [0.1, 0.15) is 17.0 Å². The number of hydrogen-bond donors (Lipinski definition) is 0. The average molecular weight is 406 g/mol. The molecule has 0 bridgehead atoms. The molecule has 0 aliphatic carbocycles. The van der Waals surface area contributed by atoms with Gasteiger partial charge in [-0.2, -0.15) is 0 Å². The number of likely N-dealkylation sites (tertiary alicyclic amines) is 1. The van der Waals surface area contributed by atoms with E-state index >= 15 is 0 Å². The van der Waals surface area contributed by atoms with E-state index in [4.69, 9.17) is 9.47 Å². The van der Waals surface area contributed by atoms with Gasteiger partial charge in [0.05, 0.1) is 6.04 Å². The van der Waals surface area contributed by atoms with Crippen LogP contribution in [0.2, 0.25) is 0 Å². The summed E-state index contributed by atoms with van der Waals surface area (Å²) in [5.41, 5.74) is -0.332. The molecule has 0 saturated carbocycles. The molecule has 1 aliphatic rings. The first-order valence-electron chi connectivity index (χ1n) is 10.4. The quantitative estimate of drug-likeness (QED) is 0.682. The molecule has 2 amide bonds. The van der Waals surface area contributed by atoms with E-state index in [1.165, 1.54) is 4.90 Å². The number of rotatable bonds is 3. The van der Waals surface area contributed by atoms with Gasteiger partial charge in [-0.05, 0) is 73.8 Å². The Hall–Kier alpha value is -2.31. The van der Waals surface area contributed by atoms with Crippen molar-refractivity contribution in [2.45, 2.75) is 85.0 Å². The van der Waals surface area contributed by atoms with E-state index in [9.17, 15) is 9.59 Å². The number of carbonyl (C=O) groups is 2. The van der Waals surface area contributed by atoms with Gasteiger partial charge < -0.3 is 14.4 Å². The van der Waals surface area contributed by atoms with E-state index in [0.717, 1.165) is 24.8 Å². The highest BCUT2D eigenvalue weighted by atomic mass is 16.6. The summed E-state index contributed by atoms with van der Waals surface area (Å²) < 4.78 is 11.2. The molecule has 1 saturated heterocycles. The predicted molar refractivity (Wildman–Crippen MR) is 113 cm³/mol. The van der Waals surface area contributed by atoms with Crippen LogP contribution in [0.25, 0.3) is 0 Å². The average Bonchev–Trinajstić information content (AvgIpc) is 2.60. The normalized spacial score (nSPS) is 17.6. The van der Waals surface area contributed by atoms with Crippen LogP contribution in [0.1, 0.15) is 79.3 Å². The number of nitrogens with zero attached hydrogens (tertiary/aromatic N) is 3. The highest BCUT2D eigenvalue weighted by Gasteiger charge is 2.35. The Bertz CT molecular complexity index is 722. The lowest BCUT2D eigenvalue weighted by Gasteiger charge is -2.38. The smallest absolute Gasteiger partial charge is 0.415 e. The van der Waals surface area contributed by atoms with E-state index in [-0.39, 0.29) is 12.1 Å². The summed E-state index contributed by atoms with van der Waals surface area (Å²) in [7, 11) is 0. The molecule has 7 nitrogen and oxygen atoms in total. The molecule has 2 heterocycles. The van der Waals surface area contributed by atoms with Crippen molar-refractivity contribution in [2.75, 3.05) is 18.0 Å². The van der Waals surface area contributed by atoms with Gasteiger partial charge in [-0.1, -0.05) is 6.07 Å². The maximum absolute atomic E-state index is 12.8. The van der Waals surface area contributed by atoms with Crippen molar-refractivity contribution in [1.82, 2.24) is 9.88 Å². The van der Waals surface area contributed by atoms with Gasteiger partial charge in [-0.3, -0.25) is 4.90 Å². The fourth-order valence-corrected chi connectivity index (χ4v) is 3.37. The molecular weight excluding hydrogens is 370 g/mol. The Kier molecular flexibility index (Phi) is 7.14. The maximum Gasteiger partial charge on any atom is 0.415 e. The zero-order chi connectivity index (χ0) is 21.8. The van der Waals surface area contributed by atoms with Crippen molar-refractivity contribution in [3.8, 4) is 0 Å². The number of aromatic nitrogens is 1.